The highest BCUT2D eigenvalue weighted by atomic mass is 19.1. The molecule has 0 saturated heterocycles. The molecule has 7 heteroatoms. The molecule has 0 atom stereocenters. The molecular formula is C13H11FN2O4. The molecule has 1 N–H and O–H groups in total. The smallest absolute Gasteiger partial charge is 0.276 e. The number of nitro benzene ring substituents is 1. The molecule has 1 aromatic carbocycles. The van der Waals surface area contributed by atoms with Crippen molar-refractivity contribution in [2.45, 2.75) is 13.2 Å². The minimum Gasteiger partial charge on any atom is -0.487 e. The van der Waals surface area contributed by atoms with E-state index in [1.807, 2.05) is 0 Å². The number of halogens is 1. The molecule has 0 saturated carbocycles. The van der Waals surface area contributed by atoms with E-state index in [4.69, 9.17) is 9.84 Å². The molecule has 2 rings (SSSR count). The van der Waals surface area contributed by atoms with Gasteiger partial charge in [0.25, 0.3) is 5.69 Å². The van der Waals surface area contributed by atoms with E-state index in [0.717, 1.165) is 18.2 Å². The van der Waals surface area contributed by atoms with Crippen molar-refractivity contribution in [3.05, 3.63) is 63.7 Å². The fourth-order valence-electron chi connectivity index (χ4n) is 1.60. The molecule has 104 valence electrons. The van der Waals surface area contributed by atoms with Gasteiger partial charge in [0, 0.05) is 6.07 Å². The average Bonchev–Trinajstić information content (AvgIpc) is 2.45. The van der Waals surface area contributed by atoms with Crippen LogP contribution >= 0.6 is 0 Å². The topological polar surface area (TPSA) is 85.5 Å². The minimum absolute atomic E-state index is 0.140. The molecule has 0 bridgehead atoms. The molecule has 20 heavy (non-hydrogen) atoms. The zero-order valence-corrected chi connectivity index (χ0v) is 10.3. The first-order valence-electron chi connectivity index (χ1n) is 5.71. The van der Waals surface area contributed by atoms with Gasteiger partial charge in [-0.05, 0) is 24.3 Å². The quantitative estimate of drug-likeness (QED) is 0.669. The molecule has 6 nitrogen and oxygen atoms in total. The average molecular weight is 278 g/mol. The highest BCUT2D eigenvalue weighted by molar-refractivity contribution is 5.40. The van der Waals surface area contributed by atoms with Crippen molar-refractivity contribution in [2.24, 2.45) is 0 Å². The summed E-state index contributed by atoms with van der Waals surface area (Å²) in [5, 5.41) is 19.7. The number of hydrogen-bond donors (Lipinski definition) is 1. The number of pyridine rings is 1. The predicted octanol–water partition coefficient (Wildman–Crippen LogP) is 2.20. The zero-order valence-electron chi connectivity index (χ0n) is 10.3. The van der Waals surface area contributed by atoms with E-state index in [0.29, 0.717) is 11.4 Å². The van der Waals surface area contributed by atoms with E-state index in [1.165, 1.54) is 6.20 Å². The Morgan fingerprint density at radius 1 is 1.35 bits per heavy atom. The molecule has 0 radical (unpaired) electrons. The van der Waals surface area contributed by atoms with Gasteiger partial charge in [0.15, 0.2) is 0 Å². The number of rotatable bonds is 5. The second-order valence-electron chi connectivity index (χ2n) is 3.96. The summed E-state index contributed by atoms with van der Waals surface area (Å²) >= 11 is 0. The summed E-state index contributed by atoms with van der Waals surface area (Å²) in [6.07, 6.45) is 1.39. The lowest BCUT2D eigenvalue weighted by molar-refractivity contribution is -0.385. The fourth-order valence-corrected chi connectivity index (χ4v) is 1.60. The molecule has 0 aliphatic carbocycles. The Labute approximate surface area is 113 Å². The number of aromatic nitrogens is 1. The monoisotopic (exact) mass is 278 g/mol. The molecule has 0 unspecified atom stereocenters. The number of hydrogen-bond acceptors (Lipinski definition) is 5. The highest BCUT2D eigenvalue weighted by Crippen LogP contribution is 2.21. The Morgan fingerprint density at radius 3 is 2.75 bits per heavy atom. The van der Waals surface area contributed by atoms with Crippen LogP contribution in [0.4, 0.5) is 10.1 Å². The van der Waals surface area contributed by atoms with Gasteiger partial charge in [-0.15, -0.1) is 0 Å². The van der Waals surface area contributed by atoms with Crippen molar-refractivity contribution in [1.29, 1.82) is 0 Å². The first kappa shape index (κ1) is 13.9. The SMILES string of the molecule is O=[N+]([O-])c1ccc(F)cc1COc1ccc(CO)nc1. The van der Waals surface area contributed by atoms with Crippen molar-refractivity contribution in [3.63, 3.8) is 0 Å². The molecule has 1 aromatic heterocycles. The van der Waals surface area contributed by atoms with Crippen molar-refractivity contribution >= 4 is 5.69 Å². The summed E-state index contributed by atoms with van der Waals surface area (Å²) in [7, 11) is 0. The van der Waals surface area contributed by atoms with E-state index in [2.05, 4.69) is 4.98 Å². The second-order valence-corrected chi connectivity index (χ2v) is 3.96. The Bertz CT molecular complexity index is 616. The first-order chi connectivity index (χ1) is 9.60. The Kier molecular flexibility index (Phi) is 4.21. The van der Waals surface area contributed by atoms with Crippen LogP contribution < -0.4 is 4.74 Å². The second kappa shape index (κ2) is 6.07. The van der Waals surface area contributed by atoms with E-state index in [1.54, 1.807) is 12.1 Å². The molecule has 0 aliphatic rings. The van der Waals surface area contributed by atoms with Crippen LogP contribution in [0.15, 0.2) is 36.5 Å². The molecular weight excluding hydrogens is 267 g/mol. The number of nitro groups is 1. The van der Waals surface area contributed by atoms with Gasteiger partial charge in [-0.2, -0.15) is 0 Å². The molecule has 0 fully saturated rings. The normalized spacial score (nSPS) is 10.3. The molecule has 2 aromatic rings. The number of aliphatic hydroxyl groups excluding tert-OH is 1. The summed E-state index contributed by atoms with van der Waals surface area (Å²) in [5.74, 6) is -0.191. The van der Waals surface area contributed by atoms with E-state index in [-0.39, 0.29) is 24.5 Å². The van der Waals surface area contributed by atoms with Gasteiger partial charge in [-0.25, -0.2) is 4.39 Å². The van der Waals surface area contributed by atoms with Crippen LogP contribution in [0.3, 0.4) is 0 Å². The summed E-state index contributed by atoms with van der Waals surface area (Å²) in [5.41, 5.74) is 0.418. The first-order valence-corrected chi connectivity index (χ1v) is 5.71. The van der Waals surface area contributed by atoms with Gasteiger partial charge < -0.3 is 9.84 Å². The third-order valence-electron chi connectivity index (χ3n) is 2.59. The number of aliphatic hydroxyl groups is 1. The van der Waals surface area contributed by atoms with Gasteiger partial charge in [0.2, 0.25) is 0 Å². The Hall–Kier alpha value is -2.54. The van der Waals surface area contributed by atoms with Crippen LogP contribution in [0.2, 0.25) is 0 Å². The Balaban J connectivity index is 2.13. The fraction of sp³-hybridized carbons (Fsp3) is 0.154. The molecule has 0 amide bonds. The van der Waals surface area contributed by atoms with Gasteiger partial charge in [-0.3, -0.25) is 15.1 Å². The number of ether oxygens (including phenoxy) is 1. The third kappa shape index (κ3) is 3.27. The molecule has 1 heterocycles. The van der Waals surface area contributed by atoms with E-state index >= 15 is 0 Å². The van der Waals surface area contributed by atoms with Crippen LogP contribution in [-0.2, 0) is 13.2 Å². The van der Waals surface area contributed by atoms with E-state index in [9.17, 15) is 14.5 Å². The number of nitrogens with zero attached hydrogens (tertiary/aromatic N) is 2. The third-order valence-corrected chi connectivity index (χ3v) is 2.59. The zero-order chi connectivity index (χ0) is 14.5. The maximum Gasteiger partial charge on any atom is 0.276 e. The van der Waals surface area contributed by atoms with Crippen LogP contribution in [-0.4, -0.2) is 15.0 Å². The minimum atomic E-state index is -0.592. The van der Waals surface area contributed by atoms with Crippen LogP contribution in [0.1, 0.15) is 11.3 Å². The lowest BCUT2D eigenvalue weighted by Crippen LogP contribution is -2.02. The lowest BCUT2D eigenvalue weighted by atomic mass is 10.2. The maximum atomic E-state index is 13.1. The highest BCUT2D eigenvalue weighted by Gasteiger charge is 2.14. The predicted molar refractivity (Wildman–Crippen MR) is 67.5 cm³/mol. The van der Waals surface area contributed by atoms with Gasteiger partial charge in [0.1, 0.15) is 18.2 Å². The standard InChI is InChI=1S/C13H11FN2O4/c14-10-1-4-13(16(18)19)9(5-10)8-20-12-3-2-11(7-17)15-6-12/h1-6,17H,7-8H2. The van der Waals surface area contributed by atoms with Crippen molar-refractivity contribution in [1.82, 2.24) is 4.98 Å². The number of benzene rings is 1. The van der Waals surface area contributed by atoms with Crippen molar-refractivity contribution < 1.29 is 19.2 Å². The van der Waals surface area contributed by atoms with Crippen molar-refractivity contribution in [2.75, 3.05) is 0 Å². The van der Waals surface area contributed by atoms with Gasteiger partial charge in [0.05, 0.1) is 29.0 Å². The summed E-state index contributed by atoms with van der Waals surface area (Å²) < 4.78 is 18.4. The van der Waals surface area contributed by atoms with Gasteiger partial charge in [-0.1, -0.05) is 0 Å². The molecule has 0 spiro atoms. The summed E-state index contributed by atoms with van der Waals surface area (Å²) in [6.45, 7) is -0.329. The lowest BCUT2D eigenvalue weighted by Gasteiger charge is -2.07. The maximum absolute atomic E-state index is 13.1. The summed E-state index contributed by atoms with van der Waals surface area (Å²) in [6, 6.07) is 6.33. The molecule has 0 aliphatic heterocycles. The Morgan fingerprint density at radius 2 is 2.15 bits per heavy atom. The van der Waals surface area contributed by atoms with Crippen LogP contribution in [0.5, 0.6) is 5.75 Å². The van der Waals surface area contributed by atoms with Crippen LogP contribution in [0.25, 0.3) is 0 Å². The van der Waals surface area contributed by atoms with E-state index < -0.39 is 10.7 Å². The van der Waals surface area contributed by atoms with Gasteiger partial charge >= 0.3 is 0 Å². The largest absolute Gasteiger partial charge is 0.487 e. The van der Waals surface area contributed by atoms with Crippen LogP contribution in [0, 0.1) is 15.9 Å². The summed E-state index contributed by atoms with van der Waals surface area (Å²) in [4.78, 5) is 14.1. The van der Waals surface area contributed by atoms with Crippen molar-refractivity contribution in [3.8, 4) is 5.75 Å².